The number of benzene rings is 1. The van der Waals surface area contributed by atoms with Gasteiger partial charge in [0.2, 0.25) is 0 Å². The Kier molecular flexibility index (Phi) is 3.70. The molecule has 0 saturated carbocycles. The summed E-state index contributed by atoms with van der Waals surface area (Å²) in [5.74, 6) is -0.400. The van der Waals surface area contributed by atoms with Crippen LogP contribution in [0.2, 0.25) is 0 Å². The van der Waals surface area contributed by atoms with Crippen molar-refractivity contribution in [3.05, 3.63) is 76.3 Å². The van der Waals surface area contributed by atoms with Crippen molar-refractivity contribution in [3.8, 4) is 0 Å². The third-order valence-corrected chi connectivity index (χ3v) is 3.53. The number of nitrogens with one attached hydrogen (secondary N) is 2. The van der Waals surface area contributed by atoms with Crippen molar-refractivity contribution >= 4 is 16.8 Å². The lowest BCUT2D eigenvalue weighted by Gasteiger charge is -2.13. The smallest absolute Gasteiger partial charge is 0.261 e. The molecule has 0 saturated heterocycles. The number of aromatic nitrogens is 2. The van der Waals surface area contributed by atoms with E-state index in [-0.39, 0.29) is 11.6 Å². The van der Waals surface area contributed by atoms with E-state index in [9.17, 15) is 9.59 Å². The molecular formula is C17H15N3O2. The maximum absolute atomic E-state index is 12.3. The molecule has 0 aliphatic rings. The first-order valence-corrected chi connectivity index (χ1v) is 6.98. The standard InChI is InChI=1S/C17H15N3O2/c1-11(13-6-4-8-18-10-13)19-16(21)14-9-12-5-2-3-7-15(12)20-17(14)22/h2-11H,1H3,(H,19,21)(H,20,22). The molecule has 22 heavy (non-hydrogen) atoms. The van der Waals surface area contributed by atoms with Crippen molar-refractivity contribution in [2.75, 3.05) is 0 Å². The van der Waals surface area contributed by atoms with Crippen molar-refractivity contribution in [3.63, 3.8) is 0 Å². The topological polar surface area (TPSA) is 74.8 Å². The molecule has 1 unspecified atom stereocenters. The molecule has 3 aromatic rings. The molecule has 3 rings (SSSR count). The Morgan fingerprint density at radius 1 is 1.23 bits per heavy atom. The summed E-state index contributed by atoms with van der Waals surface area (Å²) in [6, 6.07) is 12.4. The molecule has 2 N–H and O–H groups in total. The van der Waals surface area contributed by atoms with Gasteiger partial charge in [0.05, 0.1) is 6.04 Å². The maximum Gasteiger partial charge on any atom is 0.261 e. The predicted molar refractivity (Wildman–Crippen MR) is 84.7 cm³/mol. The molecular weight excluding hydrogens is 278 g/mol. The fourth-order valence-electron chi connectivity index (χ4n) is 2.31. The van der Waals surface area contributed by atoms with E-state index in [1.165, 1.54) is 0 Å². The van der Waals surface area contributed by atoms with Crippen LogP contribution in [0.1, 0.15) is 28.9 Å². The Balaban J connectivity index is 1.89. The van der Waals surface area contributed by atoms with Gasteiger partial charge in [-0.3, -0.25) is 14.6 Å². The zero-order valence-corrected chi connectivity index (χ0v) is 12.0. The number of para-hydroxylation sites is 1. The SMILES string of the molecule is CC(NC(=O)c1cc2ccccc2[nH]c1=O)c1cccnc1. The molecule has 0 fully saturated rings. The van der Waals surface area contributed by atoms with Gasteiger partial charge in [-0.15, -0.1) is 0 Å². The van der Waals surface area contributed by atoms with Gasteiger partial charge in [0.25, 0.3) is 11.5 Å². The number of nitrogens with zero attached hydrogens (tertiary/aromatic N) is 1. The third-order valence-electron chi connectivity index (χ3n) is 3.53. The minimum atomic E-state index is -0.400. The molecule has 2 aromatic heterocycles. The summed E-state index contributed by atoms with van der Waals surface area (Å²) >= 11 is 0. The van der Waals surface area contributed by atoms with E-state index < -0.39 is 11.5 Å². The van der Waals surface area contributed by atoms with E-state index in [2.05, 4.69) is 15.3 Å². The summed E-state index contributed by atoms with van der Waals surface area (Å²) in [7, 11) is 0. The van der Waals surface area contributed by atoms with Gasteiger partial charge in [-0.2, -0.15) is 0 Å². The molecule has 1 atom stereocenters. The Hall–Kier alpha value is -2.95. The molecule has 0 radical (unpaired) electrons. The first-order valence-electron chi connectivity index (χ1n) is 6.98. The minimum absolute atomic E-state index is 0.106. The average molecular weight is 293 g/mol. The normalized spacial score (nSPS) is 12.0. The third kappa shape index (κ3) is 2.74. The number of hydrogen-bond acceptors (Lipinski definition) is 3. The Morgan fingerprint density at radius 3 is 2.82 bits per heavy atom. The number of fused-ring (bicyclic) bond motifs is 1. The van der Waals surface area contributed by atoms with Crippen molar-refractivity contribution in [1.82, 2.24) is 15.3 Å². The molecule has 0 bridgehead atoms. The van der Waals surface area contributed by atoms with Crippen LogP contribution in [0.4, 0.5) is 0 Å². The predicted octanol–water partition coefficient (Wildman–Crippen LogP) is 2.41. The largest absolute Gasteiger partial charge is 0.345 e. The lowest BCUT2D eigenvalue weighted by molar-refractivity contribution is 0.0938. The first kappa shape index (κ1) is 14.0. The molecule has 110 valence electrons. The molecule has 0 aliphatic carbocycles. The molecule has 0 spiro atoms. The van der Waals surface area contributed by atoms with E-state index in [0.717, 1.165) is 10.9 Å². The van der Waals surface area contributed by atoms with Crippen LogP contribution in [0.5, 0.6) is 0 Å². The lowest BCUT2D eigenvalue weighted by Crippen LogP contribution is -2.31. The molecule has 2 heterocycles. The van der Waals surface area contributed by atoms with Crippen molar-refractivity contribution in [1.29, 1.82) is 0 Å². The van der Waals surface area contributed by atoms with Crippen LogP contribution in [-0.2, 0) is 0 Å². The fourth-order valence-corrected chi connectivity index (χ4v) is 2.31. The zero-order chi connectivity index (χ0) is 15.5. The van der Waals surface area contributed by atoms with E-state index in [0.29, 0.717) is 5.52 Å². The van der Waals surface area contributed by atoms with Crippen LogP contribution in [0.15, 0.2) is 59.7 Å². The highest BCUT2D eigenvalue weighted by Crippen LogP contribution is 2.13. The summed E-state index contributed by atoms with van der Waals surface area (Å²) in [5, 5.41) is 3.64. The van der Waals surface area contributed by atoms with E-state index in [1.807, 2.05) is 31.2 Å². The molecule has 5 nitrogen and oxygen atoms in total. The van der Waals surface area contributed by atoms with Crippen molar-refractivity contribution in [2.45, 2.75) is 13.0 Å². The second kappa shape index (κ2) is 5.81. The van der Waals surface area contributed by atoms with Crippen LogP contribution in [0, 0.1) is 0 Å². The van der Waals surface area contributed by atoms with E-state index >= 15 is 0 Å². The molecule has 0 aliphatic heterocycles. The number of rotatable bonds is 3. The highest BCUT2D eigenvalue weighted by molar-refractivity contribution is 5.97. The van der Waals surface area contributed by atoms with Gasteiger partial charge in [0, 0.05) is 17.9 Å². The van der Waals surface area contributed by atoms with Gasteiger partial charge in [0.1, 0.15) is 5.56 Å². The number of carbonyl (C=O) groups is 1. The monoisotopic (exact) mass is 293 g/mol. The van der Waals surface area contributed by atoms with Crippen LogP contribution in [0.3, 0.4) is 0 Å². The highest BCUT2D eigenvalue weighted by atomic mass is 16.2. The summed E-state index contributed by atoms with van der Waals surface area (Å²) in [4.78, 5) is 31.2. The number of pyridine rings is 2. The van der Waals surface area contributed by atoms with Gasteiger partial charge < -0.3 is 10.3 Å². The highest BCUT2D eigenvalue weighted by Gasteiger charge is 2.15. The summed E-state index contributed by atoms with van der Waals surface area (Å²) < 4.78 is 0. The van der Waals surface area contributed by atoms with E-state index in [4.69, 9.17) is 0 Å². The Bertz CT molecular complexity index is 872. The van der Waals surface area contributed by atoms with Gasteiger partial charge in [0.15, 0.2) is 0 Å². The number of aromatic amines is 1. The second-order valence-corrected chi connectivity index (χ2v) is 5.08. The van der Waals surface area contributed by atoms with E-state index in [1.54, 1.807) is 30.6 Å². The molecule has 1 amide bonds. The van der Waals surface area contributed by atoms with Gasteiger partial charge >= 0.3 is 0 Å². The first-order chi connectivity index (χ1) is 10.6. The number of hydrogen-bond donors (Lipinski definition) is 2. The van der Waals surface area contributed by atoms with Gasteiger partial charge in [-0.25, -0.2) is 0 Å². The summed E-state index contributed by atoms with van der Waals surface area (Å²) in [5.41, 5.74) is 1.31. The fraction of sp³-hybridized carbons (Fsp3) is 0.118. The van der Waals surface area contributed by atoms with Crippen molar-refractivity contribution < 1.29 is 4.79 Å². The maximum atomic E-state index is 12.3. The van der Waals surface area contributed by atoms with Crippen molar-refractivity contribution in [2.24, 2.45) is 0 Å². The zero-order valence-electron chi connectivity index (χ0n) is 12.0. The van der Waals surface area contributed by atoms with Gasteiger partial charge in [-0.1, -0.05) is 24.3 Å². The average Bonchev–Trinajstić information content (AvgIpc) is 2.54. The molecule has 5 heteroatoms. The minimum Gasteiger partial charge on any atom is -0.345 e. The summed E-state index contributed by atoms with van der Waals surface area (Å²) in [6.07, 6.45) is 3.36. The quantitative estimate of drug-likeness (QED) is 0.778. The lowest BCUT2D eigenvalue weighted by atomic mass is 10.1. The van der Waals surface area contributed by atoms with Gasteiger partial charge in [-0.05, 0) is 36.1 Å². The number of carbonyl (C=O) groups excluding carboxylic acids is 1. The Morgan fingerprint density at radius 2 is 2.05 bits per heavy atom. The van der Waals surface area contributed by atoms with Crippen LogP contribution >= 0.6 is 0 Å². The number of H-pyrrole nitrogens is 1. The number of amides is 1. The van der Waals surface area contributed by atoms with Crippen LogP contribution in [0.25, 0.3) is 10.9 Å². The Labute approximate surface area is 127 Å². The summed E-state index contributed by atoms with van der Waals surface area (Å²) in [6.45, 7) is 1.85. The van der Waals surface area contributed by atoms with Crippen LogP contribution < -0.4 is 10.9 Å². The molecule has 1 aromatic carbocycles. The second-order valence-electron chi connectivity index (χ2n) is 5.08. The van der Waals surface area contributed by atoms with Crippen LogP contribution in [-0.4, -0.2) is 15.9 Å².